The molecule has 1 rings (SSSR count). The van der Waals surface area contributed by atoms with Crippen LogP contribution in [0, 0.1) is 11.8 Å². The Hall–Kier alpha value is -0.120. The third kappa shape index (κ3) is 3.67. The van der Waals surface area contributed by atoms with E-state index in [1.165, 1.54) is 0 Å². The van der Waals surface area contributed by atoms with Crippen molar-refractivity contribution in [2.75, 3.05) is 7.11 Å². The highest BCUT2D eigenvalue weighted by atomic mass is 16.5. The molecule has 0 aromatic carbocycles. The van der Waals surface area contributed by atoms with Crippen LogP contribution >= 0.6 is 0 Å². The van der Waals surface area contributed by atoms with Crippen molar-refractivity contribution >= 4 is 0 Å². The Kier molecular flexibility index (Phi) is 4.99. The monoisotopic (exact) mass is 244 g/mol. The summed E-state index contributed by atoms with van der Waals surface area (Å²) in [5.41, 5.74) is -0.154. The highest BCUT2D eigenvalue weighted by Gasteiger charge is 2.41. The van der Waals surface area contributed by atoms with Crippen molar-refractivity contribution in [2.24, 2.45) is 11.8 Å². The number of hydrogen-bond acceptors (Lipinski definition) is 3. The molecule has 1 aliphatic rings. The van der Waals surface area contributed by atoms with Crippen LogP contribution in [0.5, 0.6) is 0 Å². The van der Waals surface area contributed by atoms with E-state index < -0.39 is 0 Å². The van der Waals surface area contributed by atoms with E-state index in [0.717, 1.165) is 12.8 Å². The van der Waals surface area contributed by atoms with Gasteiger partial charge in [0, 0.05) is 13.0 Å². The smallest absolute Gasteiger partial charge is 0.0623 e. The van der Waals surface area contributed by atoms with Crippen molar-refractivity contribution in [3.8, 4) is 0 Å². The topological polar surface area (TPSA) is 38.7 Å². The van der Waals surface area contributed by atoms with E-state index in [-0.39, 0.29) is 29.8 Å². The SMILES string of the molecule is COC(C)(C)CCC(O)C1C(C)OC(C)C1C. The quantitative estimate of drug-likeness (QED) is 0.808. The molecule has 0 bridgehead atoms. The first kappa shape index (κ1) is 14.9. The fourth-order valence-corrected chi connectivity index (χ4v) is 2.75. The van der Waals surface area contributed by atoms with Gasteiger partial charge in [-0.05, 0) is 46.5 Å². The molecular weight excluding hydrogens is 216 g/mol. The summed E-state index contributed by atoms with van der Waals surface area (Å²) in [6, 6.07) is 0. The number of aliphatic hydroxyl groups is 1. The van der Waals surface area contributed by atoms with Crippen LogP contribution in [0.15, 0.2) is 0 Å². The molecule has 5 unspecified atom stereocenters. The molecule has 1 heterocycles. The molecule has 1 saturated heterocycles. The molecule has 0 saturated carbocycles. The molecular formula is C14H28O3. The van der Waals surface area contributed by atoms with E-state index in [9.17, 15) is 5.11 Å². The van der Waals surface area contributed by atoms with Crippen LogP contribution in [0.4, 0.5) is 0 Å². The maximum Gasteiger partial charge on any atom is 0.0623 e. The molecule has 1 aliphatic heterocycles. The molecule has 0 radical (unpaired) electrons. The van der Waals surface area contributed by atoms with Crippen molar-refractivity contribution in [1.29, 1.82) is 0 Å². The summed E-state index contributed by atoms with van der Waals surface area (Å²) in [6.45, 7) is 10.4. The number of hydrogen-bond donors (Lipinski definition) is 1. The maximum absolute atomic E-state index is 10.3. The van der Waals surface area contributed by atoms with Gasteiger partial charge in [-0.2, -0.15) is 0 Å². The summed E-state index contributed by atoms with van der Waals surface area (Å²) >= 11 is 0. The fraction of sp³-hybridized carbons (Fsp3) is 1.00. The van der Waals surface area contributed by atoms with Gasteiger partial charge in [0.2, 0.25) is 0 Å². The summed E-state index contributed by atoms with van der Waals surface area (Å²) in [6.07, 6.45) is 1.76. The lowest BCUT2D eigenvalue weighted by molar-refractivity contribution is -0.0156. The number of methoxy groups -OCH3 is 1. The Bertz CT molecular complexity index is 240. The van der Waals surface area contributed by atoms with E-state index in [4.69, 9.17) is 9.47 Å². The highest BCUT2D eigenvalue weighted by Crippen LogP contribution is 2.36. The Morgan fingerprint density at radius 2 is 1.82 bits per heavy atom. The van der Waals surface area contributed by atoms with Gasteiger partial charge in [-0.25, -0.2) is 0 Å². The Balaban J connectivity index is 2.50. The maximum atomic E-state index is 10.3. The predicted octanol–water partition coefficient (Wildman–Crippen LogP) is 2.61. The van der Waals surface area contributed by atoms with Gasteiger partial charge in [0.05, 0.1) is 23.9 Å². The standard InChI is InChI=1S/C14H28O3/c1-9-10(2)17-11(3)13(9)12(15)7-8-14(4,5)16-6/h9-13,15H,7-8H2,1-6H3. The van der Waals surface area contributed by atoms with Gasteiger partial charge in [-0.1, -0.05) is 6.92 Å². The van der Waals surface area contributed by atoms with Gasteiger partial charge in [0.25, 0.3) is 0 Å². The summed E-state index contributed by atoms with van der Waals surface area (Å²) in [7, 11) is 1.72. The van der Waals surface area contributed by atoms with E-state index in [0.29, 0.717) is 5.92 Å². The summed E-state index contributed by atoms with van der Waals surface area (Å²) in [4.78, 5) is 0. The van der Waals surface area contributed by atoms with Gasteiger partial charge >= 0.3 is 0 Å². The molecule has 0 aliphatic carbocycles. The fourth-order valence-electron chi connectivity index (χ4n) is 2.75. The van der Waals surface area contributed by atoms with Crippen LogP contribution in [0.2, 0.25) is 0 Å². The molecule has 102 valence electrons. The first-order valence-corrected chi connectivity index (χ1v) is 6.67. The summed E-state index contributed by atoms with van der Waals surface area (Å²) in [5, 5.41) is 10.3. The lowest BCUT2D eigenvalue weighted by Crippen LogP contribution is -2.33. The van der Waals surface area contributed by atoms with Crippen molar-refractivity contribution < 1.29 is 14.6 Å². The normalized spacial score (nSPS) is 36.2. The molecule has 1 N–H and O–H groups in total. The molecule has 0 spiro atoms. The molecule has 5 atom stereocenters. The van der Waals surface area contributed by atoms with Gasteiger partial charge in [0.1, 0.15) is 0 Å². The molecule has 17 heavy (non-hydrogen) atoms. The second kappa shape index (κ2) is 5.68. The number of rotatable bonds is 5. The third-order valence-corrected chi connectivity index (χ3v) is 4.36. The lowest BCUT2D eigenvalue weighted by Gasteiger charge is -2.28. The van der Waals surface area contributed by atoms with Crippen LogP contribution in [0.25, 0.3) is 0 Å². The zero-order valence-electron chi connectivity index (χ0n) is 12.1. The molecule has 0 aromatic heterocycles. The van der Waals surface area contributed by atoms with Crippen LogP contribution < -0.4 is 0 Å². The average molecular weight is 244 g/mol. The molecule has 0 aromatic rings. The third-order valence-electron chi connectivity index (χ3n) is 4.36. The van der Waals surface area contributed by atoms with Crippen LogP contribution in [-0.4, -0.2) is 36.1 Å². The van der Waals surface area contributed by atoms with Crippen molar-refractivity contribution in [3.05, 3.63) is 0 Å². The molecule has 3 nitrogen and oxygen atoms in total. The minimum Gasteiger partial charge on any atom is -0.393 e. The lowest BCUT2D eigenvalue weighted by atomic mass is 9.82. The van der Waals surface area contributed by atoms with Gasteiger partial charge in [-0.3, -0.25) is 0 Å². The summed E-state index contributed by atoms with van der Waals surface area (Å²) in [5.74, 6) is 0.670. The van der Waals surface area contributed by atoms with Crippen molar-refractivity contribution in [3.63, 3.8) is 0 Å². The van der Waals surface area contributed by atoms with E-state index >= 15 is 0 Å². The Labute approximate surface area is 105 Å². The van der Waals surface area contributed by atoms with Crippen LogP contribution in [0.3, 0.4) is 0 Å². The number of aliphatic hydroxyl groups excluding tert-OH is 1. The number of ether oxygens (including phenoxy) is 2. The van der Waals surface area contributed by atoms with Crippen molar-refractivity contribution in [1.82, 2.24) is 0 Å². The second-order valence-electron chi connectivity index (χ2n) is 6.05. The van der Waals surface area contributed by atoms with Crippen molar-refractivity contribution in [2.45, 2.75) is 71.4 Å². The molecule has 3 heteroatoms. The minimum absolute atomic E-state index is 0.153. The predicted molar refractivity (Wildman–Crippen MR) is 69.0 cm³/mol. The van der Waals surface area contributed by atoms with Gasteiger partial charge in [-0.15, -0.1) is 0 Å². The largest absolute Gasteiger partial charge is 0.393 e. The summed E-state index contributed by atoms with van der Waals surface area (Å²) < 4.78 is 11.2. The van der Waals surface area contributed by atoms with Crippen LogP contribution in [-0.2, 0) is 9.47 Å². The zero-order chi connectivity index (χ0) is 13.2. The highest BCUT2D eigenvalue weighted by molar-refractivity contribution is 4.89. The Morgan fingerprint density at radius 1 is 1.24 bits per heavy atom. The van der Waals surface area contributed by atoms with Crippen LogP contribution in [0.1, 0.15) is 47.5 Å². The average Bonchev–Trinajstić information content (AvgIpc) is 2.50. The van der Waals surface area contributed by atoms with E-state index in [1.54, 1.807) is 7.11 Å². The van der Waals surface area contributed by atoms with E-state index in [1.807, 2.05) is 0 Å². The second-order valence-corrected chi connectivity index (χ2v) is 6.05. The first-order valence-electron chi connectivity index (χ1n) is 6.67. The van der Waals surface area contributed by atoms with Gasteiger partial charge in [0.15, 0.2) is 0 Å². The first-order chi connectivity index (χ1) is 7.78. The van der Waals surface area contributed by atoms with Gasteiger partial charge < -0.3 is 14.6 Å². The zero-order valence-corrected chi connectivity index (χ0v) is 12.1. The Morgan fingerprint density at radius 3 is 2.24 bits per heavy atom. The molecule has 1 fully saturated rings. The molecule has 0 amide bonds. The van der Waals surface area contributed by atoms with E-state index in [2.05, 4.69) is 34.6 Å². The minimum atomic E-state index is -0.292.